The molecule has 0 atom stereocenters. The molecule has 1 rings (SSSR count). The lowest BCUT2D eigenvalue weighted by Gasteiger charge is -2.06. The van der Waals surface area contributed by atoms with Crippen molar-refractivity contribution in [3.05, 3.63) is 29.3 Å². The van der Waals surface area contributed by atoms with Gasteiger partial charge in [-0.05, 0) is 25.0 Å². The summed E-state index contributed by atoms with van der Waals surface area (Å²) in [5, 5.41) is 3.15. The van der Waals surface area contributed by atoms with Crippen LogP contribution in [-0.2, 0) is 9.59 Å². The van der Waals surface area contributed by atoms with Gasteiger partial charge >= 0.3 is 5.97 Å². The van der Waals surface area contributed by atoms with Crippen molar-refractivity contribution in [1.82, 2.24) is 5.32 Å². The van der Waals surface area contributed by atoms with Crippen molar-refractivity contribution < 1.29 is 14.3 Å². The standard InChI is InChI=1S/C14H18ClNO3/c1-2-10-16-13(17)8-5-9-14(18)19-12-7-4-3-6-11(12)15/h3-4,6-7H,2,5,8-10H2,1H3,(H,16,17). The predicted octanol–water partition coefficient (Wildman–Crippen LogP) is 2.94. The van der Waals surface area contributed by atoms with Gasteiger partial charge in [-0.2, -0.15) is 0 Å². The van der Waals surface area contributed by atoms with E-state index in [1.54, 1.807) is 24.3 Å². The number of esters is 1. The number of carbonyl (C=O) groups excluding carboxylic acids is 2. The predicted molar refractivity (Wildman–Crippen MR) is 74.2 cm³/mol. The molecule has 0 aliphatic heterocycles. The number of hydrogen-bond acceptors (Lipinski definition) is 3. The average Bonchev–Trinajstić information content (AvgIpc) is 2.39. The van der Waals surface area contributed by atoms with Gasteiger partial charge in [0.05, 0.1) is 5.02 Å². The Morgan fingerprint density at radius 3 is 2.68 bits per heavy atom. The SMILES string of the molecule is CCCNC(=O)CCCC(=O)Oc1ccccc1Cl. The van der Waals surface area contributed by atoms with E-state index in [0.717, 1.165) is 6.42 Å². The second kappa shape index (κ2) is 8.53. The van der Waals surface area contributed by atoms with E-state index in [9.17, 15) is 9.59 Å². The Morgan fingerprint density at radius 1 is 1.26 bits per heavy atom. The Labute approximate surface area is 118 Å². The molecular weight excluding hydrogens is 266 g/mol. The monoisotopic (exact) mass is 283 g/mol. The van der Waals surface area contributed by atoms with E-state index >= 15 is 0 Å². The van der Waals surface area contributed by atoms with Gasteiger partial charge in [0.2, 0.25) is 5.91 Å². The molecule has 1 aromatic carbocycles. The van der Waals surface area contributed by atoms with Gasteiger partial charge < -0.3 is 10.1 Å². The van der Waals surface area contributed by atoms with Crippen LogP contribution in [0.5, 0.6) is 5.75 Å². The number of amides is 1. The number of nitrogens with one attached hydrogen (secondary N) is 1. The van der Waals surface area contributed by atoms with Crippen molar-refractivity contribution >= 4 is 23.5 Å². The van der Waals surface area contributed by atoms with Crippen LogP contribution in [-0.4, -0.2) is 18.4 Å². The summed E-state index contributed by atoms with van der Waals surface area (Å²) in [6.07, 6.45) is 1.90. The van der Waals surface area contributed by atoms with Crippen LogP contribution in [0.1, 0.15) is 32.6 Å². The number of rotatable bonds is 7. The minimum atomic E-state index is -0.378. The van der Waals surface area contributed by atoms with E-state index in [2.05, 4.69) is 5.32 Å². The molecule has 0 spiro atoms. The number of benzene rings is 1. The summed E-state index contributed by atoms with van der Waals surface area (Å²) in [6, 6.07) is 6.79. The summed E-state index contributed by atoms with van der Waals surface area (Å²) in [5.74, 6) is -0.0617. The summed E-state index contributed by atoms with van der Waals surface area (Å²) < 4.78 is 5.11. The summed E-state index contributed by atoms with van der Waals surface area (Å²) in [7, 11) is 0. The first-order valence-electron chi connectivity index (χ1n) is 6.35. The van der Waals surface area contributed by atoms with E-state index < -0.39 is 0 Å². The van der Waals surface area contributed by atoms with Crippen molar-refractivity contribution in [2.45, 2.75) is 32.6 Å². The maximum absolute atomic E-state index is 11.5. The Hall–Kier alpha value is -1.55. The normalized spacial score (nSPS) is 10.0. The number of halogens is 1. The molecule has 0 fully saturated rings. The molecular formula is C14H18ClNO3. The third-order valence-electron chi connectivity index (χ3n) is 2.42. The summed E-state index contributed by atoms with van der Waals surface area (Å²) >= 11 is 5.87. The Bertz CT molecular complexity index is 434. The summed E-state index contributed by atoms with van der Waals surface area (Å²) in [5.41, 5.74) is 0. The summed E-state index contributed by atoms with van der Waals surface area (Å²) in [4.78, 5) is 22.9. The van der Waals surface area contributed by atoms with E-state index in [0.29, 0.717) is 30.2 Å². The number of carbonyl (C=O) groups is 2. The van der Waals surface area contributed by atoms with Crippen LogP contribution in [0.25, 0.3) is 0 Å². The zero-order valence-corrected chi connectivity index (χ0v) is 11.7. The van der Waals surface area contributed by atoms with Crippen molar-refractivity contribution in [2.24, 2.45) is 0 Å². The highest BCUT2D eigenvalue weighted by atomic mass is 35.5. The van der Waals surface area contributed by atoms with E-state index in [1.807, 2.05) is 6.92 Å². The smallest absolute Gasteiger partial charge is 0.311 e. The zero-order chi connectivity index (χ0) is 14.1. The molecule has 0 saturated heterocycles. The highest BCUT2D eigenvalue weighted by Gasteiger charge is 2.09. The van der Waals surface area contributed by atoms with Crippen LogP contribution in [0.15, 0.2) is 24.3 Å². The molecule has 4 nitrogen and oxygen atoms in total. The van der Waals surface area contributed by atoms with Gasteiger partial charge in [0.15, 0.2) is 0 Å². The Morgan fingerprint density at radius 2 is 2.00 bits per heavy atom. The van der Waals surface area contributed by atoms with Crippen LogP contribution in [0, 0.1) is 0 Å². The fraction of sp³-hybridized carbons (Fsp3) is 0.429. The van der Waals surface area contributed by atoms with Crippen LogP contribution in [0.4, 0.5) is 0 Å². The molecule has 0 aromatic heterocycles. The lowest BCUT2D eigenvalue weighted by Crippen LogP contribution is -2.23. The van der Waals surface area contributed by atoms with Gasteiger partial charge in [-0.25, -0.2) is 0 Å². The van der Waals surface area contributed by atoms with Gasteiger partial charge in [-0.1, -0.05) is 30.7 Å². The zero-order valence-electron chi connectivity index (χ0n) is 10.9. The molecule has 0 bridgehead atoms. The molecule has 0 unspecified atom stereocenters. The van der Waals surface area contributed by atoms with Crippen LogP contribution in [0.3, 0.4) is 0 Å². The molecule has 0 heterocycles. The molecule has 1 aromatic rings. The van der Waals surface area contributed by atoms with Crippen LogP contribution < -0.4 is 10.1 Å². The molecule has 0 aliphatic carbocycles. The molecule has 5 heteroatoms. The maximum Gasteiger partial charge on any atom is 0.311 e. The molecule has 0 aliphatic rings. The van der Waals surface area contributed by atoms with Crippen LogP contribution >= 0.6 is 11.6 Å². The largest absolute Gasteiger partial charge is 0.425 e. The fourth-order valence-corrected chi connectivity index (χ4v) is 1.62. The summed E-state index contributed by atoms with van der Waals surface area (Å²) in [6.45, 7) is 2.66. The number of ether oxygens (including phenoxy) is 1. The van der Waals surface area contributed by atoms with Gasteiger partial charge in [-0.15, -0.1) is 0 Å². The van der Waals surface area contributed by atoms with Crippen molar-refractivity contribution in [1.29, 1.82) is 0 Å². The third-order valence-corrected chi connectivity index (χ3v) is 2.73. The second-order valence-corrected chi connectivity index (χ2v) is 4.52. The van der Waals surface area contributed by atoms with Crippen LogP contribution in [0.2, 0.25) is 5.02 Å². The second-order valence-electron chi connectivity index (χ2n) is 4.11. The Kier molecular flexibility index (Phi) is 6.97. The lowest BCUT2D eigenvalue weighted by atomic mass is 10.2. The fourth-order valence-electron chi connectivity index (χ4n) is 1.45. The van der Waals surface area contributed by atoms with Gasteiger partial charge in [0.1, 0.15) is 5.75 Å². The molecule has 19 heavy (non-hydrogen) atoms. The lowest BCUT2D eigenvalue weighted by molar-refractivity contribution is -0.134. The topological polar surface area (TPSA) is 55.4 Å². The first kappa shape index (κ1) is 15.5. The number of hydrogen-bond donors (Lipinski definition) is 1. The minimum absolute atomic E-state index is 0.0348. The first-order valence-corrected chi connectivity index (χ1v) is 6.73. The van der Waals surface area contributed by atoms with E-state index in [1.165, 1.54) is 0 Å². The van der Waals surface area contributed by atoms with Crippen molar-refractivity contribution in [2.75, 3.05) is 6.54 Å². The quantitative estimate of drug-likeness (QED) is 0.618. The van der Waals surface area contributed by atoms with Gasteiger partial charge in [-0.3, -0.25) is 9.59 Å². The third kappa shape index (κ3) is 6.25. The molecule has 1 amide bonds. The van der Waals surface area contributed by atoms with Crippen molar-refractivity contribution in [3.8, 4) is 5.75 Å². The maximum atomic E-state index is 11.5. The molecule has 0 saturated carbocycles. The highest BCUT2D eigenvalue weighted by Crippen LogP contribution is 2.23. The average molecular weight is 284 g/mol. The first-order chi connectivity index (χ1) is 9.13. The molecule has 104 valence electrons. The minimum Gasteiger partial charge on any atom is -0.425 e. The van der Waals surface area contributed by atoms with E-state index in [-0.39, 0.29) is 18.3 Å². The van der Waals surface area contributed by atoms with Gasteiger partial charge in [0.25, 0.3) is 0 Å². The highest BCUT2D eigenvalue weighted by molar-refractivity contribution is 6.32. The van der Waals surface area contributed by atoms with Crippen molar-refractivity contribution in [3.63, 3.8) is 0 Å². The molecule has 1 N–H and O–H groups in total. The Balaban J connectivity index is 2.25. The molecule has 0 radical (unpaired) electrons. The van der Waals surface area contributed by atoms with Gasteiger partial charge in [0, 0.05) is 19.4 Å². The van der Waals surface area contributed by atoms with E-state index in [4.69, 9.17) is 16.3 Å². The number of para-hydroxylation sites is 1.